The van der Waals surface area contributed by atoms with Gasteiger partial charge in [0.05, 0.1) is 12.9 Å². The normalized spacial score (nSPS) is 19.4. The molecule has 1 aliphatic heterocycles. The molecule has 0 aliphatic carbocycles. The summed E-state index contributed by atoms with van der Waals surface area (Å²) < 4.78 is 11.4. The summed E-state index contributed by atoms with van der Waals surface area (Å²) >= 11 is 0. The highest BCUT2D eigenvalue weighted by Gasteiger charge is 2.22. The van der Waals surface area contributed by atoms with Crippen LogP contribution in [0, 0.1) is 6.92 Å². The Labute approximate surface area is 126 Å². The first-order valence-electron chi connectivity index (χ1n) is 7.75. The minimum Gasteiger partial charge on any atom is -0.493 e. The predicted octanol–water partition coefficient (Wildman–Crippen LogP) is 4.02. The Morgan fingerprint density at radius 2 is 2.19 bits per heavy atom. The summed E-state index contributed by atoms with van der Waals surface area (Å²) in [5.41, 5.74) is 2.51. The summed E-state index contributed by atoms with van der Waals surface area (Å²) in [6, 6.07) is 11.1. The summed E-state index contributed by atoms with van der Waals surface area (Å²) in [6.07, 6.45) is 4.84. The van der Waals surface area contributed by atoms with Gasteiger partial charge in [0.25, 0.3) is 0 Å². The largest absolute Gasteiger partial charge is 0.493 e. The third kappa shape index (κ3) is 3.30. The van der Waals surface area contributed by atoms with Crippen LogP contribution in [-0.4, -0.2) is 12.6 Å². The molecule has 1 aromatic carbocycles. The smallest absolute Gasteiger partial charge is 0.126 e. The fraction of sp³-hybridized carbons (Fsp3) is 0.444. The van der Waals surface area contributed by atoms with Crippen molar-refractivity contribution < 1.29 is 9.15 Å². The first-order chi connectivity index (χ1) is 10.2. The quantitative estimate of drug-likeness (QED) is 0.921. The van der Waals surface area contributed by atoms with Gasteiger partial charge < -0.3 is 14.5 Å². The van der Waals surface area contributed by atoms with Crippen LogP contribution < -0.4 is 10.1 Å². The highest BCUT2D eigenvalue weighted by Crippen LogP contribution is 2.34. The van der Waals surface area contributed by atoms with Crippen molar-refractivity contribution in [3.8, 4) is 5.75 Å². The Kier molecular flexibility index (Phi) is 4.30. The lowest BCUT2D eigenvalue weighted by Gasteiger charge is -2.23. The molecule has 0 fully saturated rings. The van der Waals surface area contributed by atoms with E-state index in [1.54, 1.807) is 6.26 Å². The number of rotatable bonds is 4. The number of benzene rings is 1. The van der Waals surface area contributed by atoms with Crippen molar-refractivity contribution in [3.05, 3.63) is 53.5 Å². The number of hydrogen-bond acceptors (Lipinski definition) is 3. The Morgan fingerprint density at radius 3 is 3.00 bits per heavy atom. The van der Waals surface area contributed by atoms with Crippen molar-refractivity contribution in [3.63, 3.8) is 0 Å². The average molecular weight is 285 g/mol. The van der Waals surface area contributed by atoms with E-state index in [1.807, 2.05) is 12.1 Å². The second kappa shape index (κ2) is 6.35. The van der Waals surface area contributed by atoms with E-state index in [1.165, 1.54) is 11.1 Å². The van der Waals surface area contributed by atoms with Gasteiger partial charge in [-0.1, -0.05) is 18.2 Å². The standard InChI is InChI=1S/C18H23NO2/c1-13-6-3-8-16-17(9-5-11-21-18(13)16)19-14(2)12-15-7-4-10-20-15/h3-4,6-8,10,14,17,19H,5,9,11-12H2,1-2H3. The maximum atomic E-state index is 5.94. The predicted molar refractivity (Wildman–Crippen MR) is 83.7 cm³/mol. The maximum Gasteiger partial charge on any atom is 0.126 e. The molecule has 3 heteroatoms. The zero-order valence-electron chi connectivity index (χ0n) is 12.8. The fourth-order valence-electron chi connectivity index (χ4n) is 3.07. The van der Waals surface area contributed by atoms with E-state index in [-0.39, 0.29) is 0 Å². The molecule has 0 saturated heterocycles. The highest BCUT2D eigenvalue weighted by molar-refractivity contribution is 5.43. The van der Waals surface area contributed by atoms with E-state index in [0.29, 0.717) is 12.1 Å². The van der Waals surface area contributed by atoms with Gasteiger partial charge in [-0.15, -0.1) is 0 Å². The number of hydrogen-bond donors (Lipinski definition) is 1. The van der Waals surface area contributed by atoms with Crippen LogP contribution >= 0.6 is 0 Å². The third-order valence-corrected chi connectivity index (χ3v) is 4.07. The van der Waals surface area contributed by atoms with Crippen LogP contribution in [0.25, 0.3) is 0 Å². The zero-order chi connectivity index (χ0) is 14.7. The molecule has 2 unspecified atom stereocenters. The maximum absolute atomic E-state index is 5.94. The molecule has 1 aromatic heterocycles. The molecule has 0 bridgehead atoms. The first kappa shape index (κ1) is 14.2. The Balaban J connectivity index is 1.74. The Bertz CT molecular complexity index is 577. The first-order valence-corrected chi connectivity index (χ1v) is 7.75. The van der Waals surface area contributed by atoms with Crippen molar-refractivity contribution in [1.82, 2.24) is 5.32 Å². The van der Waals surface area contributed by atoms with Crippen molar-refractivity contribution in [2.24, 2.45) is 0 Å². The van der Waals surface area contributed by atoms with Gasteiger partial charge in [0.2, 0.25) is 0 Å². The number of aryl methyl sites for hydroxylation is 1. The summed E-state index contributed by atoms with van der Waals surface area (Å²) in [6.45, 7) is 5.14. The molecule has 0 saturated carbocycles. The molecular formula is C18H23NO2. The molecule has 0 spiro atoms. The van der Waals surface area contributed by atoms with Crippen molar-refractivity contribution in [1.29, 1.82) is 0 Å². The number of fused-ring (bicyclic) bond motifs is 1. The van der Waals surface area contributed by atoms with E-state index < -0.39 is 0 Å². The third-order valence-electron chi connectivity index (χ3n) is 4.07. The monoisotopic (exact) mass is 285 g/mol. The molecule has 112 valence electrons. The molecular weight excluding hydrogens is 262 g/mol. The molecule has 3 nitrogen and oxygen atoms in total. The topological polar surface area (TPSA) is 34.4 Å². The average Bonchev–Trinajstić information content (AvgIpc) is 2.87. The van der Waals surface area contributed by atoms with Gasteiger partial charge in [-0.25, -0.2) is 0 Å². The minimum absolute atomic E-state index is 0.354. The van der Waals surface area contributed by atoms with Gasteiger partial charge >= 0.3 is 0 Å². The van der Waals surface area contributed by atoms with Gasteiger partial charge in [-0.05, 0) is 44.4 Å². The van der Waals surface area contributed by atoms with Crippen LogP contribution in [0.3, 0.4) is 0 Å². The SMILES string of the molecule is Cc1cccc2c1OCCCC2NC(C)Cc1ccco1. The highest BCUT2D eigenvalue weighted by atomic mass is 16.5. The lowest BCUT2D eigenvalue weighted by atomic mass is 9.98. The van der Waals surface area contributed by atoms with Crippen LogP contribution in [0.5, 0.6) is 5.75 Å². The molecule has 2 atom stereocenters. The van der Waals surface area contributed by atoms with E-state index in [0.717, 1.165) is 37.4 Å². The summed E-state index contributed by atoms with van der Waals surface area (Å²) in [5, 5.41) is 3.74. The molecule has 2 heterocycles. The molecule has 2 aromatic rings. The Morgan fingerprint density at radius 1 is 1.29 bits per heavy atom. The fourth-order valence-corrected chi connectivity index (χ4v) is 3.07. The lowest BCUT2D eigenvalue weighted by Crippen LogP contribution is -2.32. The number of furan rings is 1. The molecule has 0 radical (unpaired) electrons. The Hall–Kier alpha value is -1.74. The van der Waals surface area contributed by atoms with Crippen LogP contribution in [-0.2, 0) is 6.42 Å². The van der Waals surface area contributed by atoms with Crippen LogP contribution in [0.4, 0.5) is 0 Å². The van der Waals surface area contributed by atoms with E-state index in [2.05, 4.69) is 37.4 Å². The number of ether oxygens (including phenoxy) is 1. The molecule has 21 heavy (non-hydrogen) atoms. The summed E-state index contributed by atoms with van der Waals surface area (Å²) in [5.74, 6) is 2.10. The van der Waals surface area contributed by atoms with Gasteiger partial charge in [-0.3, -0.25) is 0 Å². The second-order valence-corrected chi connectivity index (χ2v) is 5.89. The summed E-state index contributed by atoms with van der Waals surface area (Å²) in [7, 11) is 0. The van der Waals surface area contributed by atoms with Crippen molar-refractivity contribution in [2.75, 3.05) is 6.61 Å². The number of para-hydroxylation sites is 1. The van der Waals surface area contributed by atoms with E-state index >= 15 is 0 Å². The second-order valence-electron chi connectivity index (χ2n) is 5.89. The zero-order valence-corrected chi connectivity index (χ0v) is 12.8. The minimum atomic E-state index is 0.354. The van der Waals surface area contributed by atoms with Crippen LogP contribution in [0.1, 0.15) is 42.7 Å². The van der Waals surface area contributed by atoms with Crippen molar-refractivity contribution in [2.45, 2.75) is 45.2 Å². The van der Waals surface area contributed by atoms with Gasteiger partial charge in [0, 0.05) is 24.1 Å². The van der Waals surface area contributed by atoms with E-state index in [9.17, 15) is 0 Å². The van der Waals surface area contributed by atoms with Gasteiger partial charge in [0.15, 0.2) is 0 Å². The van der Waals surface area contributed by atoms with Crippen LogP contribution in [0.15, 0.2) is 41.0 Å². The molecule has 1 aliphatic rings. The molecule has 1 N–H and O–H groups in total. The molecule has 3 rings (SSSR count). The van der Waals surface area contributed by atoms with E-state index in [4.69, 9.17) is 9.15 Å². The molecule has 0 amide bonds. The van der Waals surface area contributed by atoms with Crippen molar-refractivity contribution >= 4 is 0 Å². The van der Waals surface area contributed by atoms with Gasteiger partial charge in [-0.2, -0.15) is 0 Å². The summed E-state index contributed by atoms with van der Waals surface area (Å²) in [4.78, 5) is 0. The van der Waals surface area contributed by atoms with Crippen LogP contribution in [0.2, 0.25) is 0 Å². The lowest BCUT2D eigenvalue weighted by molar-refractivity contribution is 0.312. The van der Waals surface area contributed by atoms with Gasteiger partial charge in [0.1, 0.15) is 11.5 Å². The number of nitrogens with one attached hydrogen (secondary N) is 1.